The van der Waals surface area contributed by atoms with Crippen LogP contribution in [0.15, 0.2) is 54.6 Å². The van der Waals surface area contributed by atoms with Gasteiger partial charge in [-0.15, -0.1) is 0 Å². The number of carbonyl (C=O) groups excluding carboxylic acids is 10. The van der Waals surface area contributed by atoms with E-state index in [0.29, 0.717) is 0 Å². The van der Waals surface area contributed by atoms with Crippen molar-refractivity contribution >= 4 is 59.7 Å². The van der Waals surface area contributed by atoms with Crippen molar-refractivity contribution in [3.8, 4) is 57.5 Å². The van der Waals surface area contributed by atoms with Crippen molar-refractivity contribution in [3.05, 3.63) is 82.4 Å². The highest BCUT2D eigenvalue weighted by Crippen LogP contribution is 2.59. The second-order valence-electron chi connectivity index (χ2n) is 16.1. The summed E-state index contributed by atoms with van der Waals surface area (Å²) in [5.41, 5.74) is -0.0622. The molecule has 4 aromatic carbocycles. The normalized spacial score (nSPS) is 17.3. The van der Waals surface area contributed by atoms with E-state index in [1.54, 1.807) is 0 Å². The van der Waals surface area contributed by atoms with Crippen LogP contribution < -0.4 is 47.4 Å². The Morgan fingerprint density at radius 3 is 1.31 bits per heavy atom. The predicted molar refractivity (Wildman–Crippen MR) is 240 cm³/mol. The van der Waals surface area contributed by atoms with E-state index in [4.69, 9.17) is 56.8 Å². The monoisotopic (exact) mass is 998 g/mol. The maximum Gasteiger partial charge on any atom is 0.308 e. The third-order valence-electron chi connectivity index (χ3n) is 10.2. The number of hydrogen-bond acceptors (Lipinski definition) is 22. The van der Waals surface area contributed by atoms with Gasteiger partial charge in [-0.3, -0.25) is 47.9 Å². The molecule has 0 spiro atoms. The van der Waals surface area contributed by atoms with Gasteiger partial charge in [0.05, 0.1) is 5.92 Å². The van der Waals surface area contributed by atoms with Gasteiger partial charge in [0.25, 0.3) is 0 Å². The molecule has 2 heterocycles. The summed E-state index contributed by atoms with van der Waals surface area (Å²) in [5.74, 6) is -12.6. The Morgan fingerprint density at radius 2 is 0.833 bits per heavy atom. The van der Waals surface area contributed by atoms with Crippen molar-refractivity contribution in [2.75, 3.05) is 0 Å². The minimum absolute atomic E-state index is 0.00922. The first-order chi connectivity index (χ1) is 33.9. The molecule has 6 rings (SSSR count). The molecule has 378 valence electrons. The Labute approximate surface area is 409 Å². The van der Waals surface area contributed by atoms with Crippen molar-refractivity contribution in [1.82, 2.24) is 0 Å². The summed E-state index contributed by atoms with van der Waals surface area (Å²) in [5, 5.41) is 0. The molecule has 22 nitrogen and oxygen atoms in total. The number of hydrogen-bond donors (Lipinski definition) is 0. The van der Waals surface area contributed by atoms with Crippen molar-refractivity contribution < 1.29 is 105 Å². The SMILES string of the molecule is CC(=O)Oc1cc(OC(C)=O)c2c(c1)O[C@H](c1ccc(OC(C)=O)c(OC(C)=O)c1)[C@@H](OC(C)=O)[C@H]2c1c(OC(C)=O)cc(OC(C)=O)c2c1O[C@H](c1ccc(OC(C)=O)c(OC(C)=O)c1)[C@@H](OC(C)=O)C2. The molecule has 0 amide bonds. The number of ether oxygens (including phenoxy) is 12. The summed E-state index contributed by atoms with van der Waals surface area (Å²) in [6.07, 6.45) is -6.27. The third kappa shape index (κ3) is 12.5. The zero-order valence-corrected chi connectivity index (χ0v) is 40.3. The van der Waals surface area contributed by atoms with Crippen LogP contribution >= 0.6 is 0 Å². The van der Waals surface area contributed by atoms with E-state index in [0.717, 1.165) is 69.2 Å². The van der Waals surface area contributed by atoms with Crippen molar-refractivity contribution in [3.63, 3.8) is 0 Å². The van der Waals surface area contributed by atoms with Gasteiger partial charge >= 0.3 is 59.7 Å². The van der Waals surface area contributed by atoms with E-state index < -0.39 is 95.8 Å². The summed E-state index contributed by atoms with van der Waals surface area (Å²) >= 11 is 0. The molecular formula is C50H46O22. The van der Waals surface area contributed by atoms with Crippen molar-refractivity contribution in [1.29, 1.82) is 0 Å². The number of esters is 10. The van der Waals surface area contributed by atoms with Crippen LogP contribution in [0.25, 0.3) is 0 Å². The van der Waals surface area contributed by atoms with E-state index in [1.807, 2.05) is 0 Å². The van der Waals surface area contributed by atoms with Gasteiger partial charge in [-0.2, -0.15) is 0 Å². The molecular weight excluding hydrogens is 953 g/mol. The van der Waals surface area contributed by atoms with Gasteiger partial charge in [-0.1, -0.05) is 12.1 Å². The summed E-state index contributed by atoms with van der Waals surface area (Å²) in [6.45, 7) is 10.9. The molecule has 0 fully saturated rings. The molecule has 0 unspecified atom stereocenters. The molecule has 72 heavy (non-hydrogen) atoms. The Balaban J connectivity index is 1.78. The smallest absolute Gasteiger partial charge is 0.308 e. The standard InChI is InChI=1S/C50H46O22/c1-21(51)61-33-17-40(67-27(7)57)44-41(18-33)71-48(32-12-14-36(63-23(3)53)39(16-32)66-26(6)56)50(70-30(10)60)46(44)45-42(68-28(8)58)20-37(64-24(4)54)34-19-43(69-29(9)59)47(72-49(34)45)31-11-13-35(62-22(2)52)38(15-31)65-25(5)55/h11-18,20,43,46-48,50H,19H2,1-10H3/t43-,46+,47+,48+,50-/m0/s1. The highest BCUT2D eigenvalue weighted by molar-refractivity contribution is 5.79. The number of benzene rings is 4. The second-order valence-corrected chi connectivity index (χ2v) is 16.1. The van der Waals surface area contributed by atoms with E-state index in [2.05, 4.69) is 0 Å². The van der Waals surface area contributed by atoms with Crippen LogP contribution in [0, 0.1) is 0 Å². The van der Waals surface area contributed by atoms with Crippen molar-refractivity contribution in [2.45, 2.75) is 106 Å². The minimum atomic E-state index is -1.68. The van der Waals surface area contributed by atoms with Crippen LogP contribution in [0.5, 0.6) is 57.5 Å². The Hall–Kier alpha value is -8.82. The van der Waals surface area contributed by atoms with E-state index in [1.165, 1.54) is 54.6 Å². The molecule has 5 atom stereocenters. The summed E-state index contributed by atoms with van der Waals surface area (Å²) in [6, 6.07) is 11.5. The average molecular weight is 999 g/mol. The topological polar surface area (TPSA) is 281 Å². The fourth-order valence-electron chi connectivity index (χ4n) is 8.12. The lowest BCUT2D eigenvalue weighted by atomic mass is 9.77. The van der Waals surface area contributed by atoms with Crippen LogP contribution in [0.3, 0.4) is 0 Å². The predicted octanol–water partition coefficient (Wildman–Crippen LogP) is 5.89. The molecule has 2 aliphatic rings. The Kier molecular flexibility index (Phi) is 16.0. The summed E-state index contributed by atoms with van der Waals surface area (Å²) < 4.78 is 69.7. The van der Waals surface area contributed by atoms with E-state index in [-0.39, 0.29) is 86.0 Å². The molecule has 0 radical (unpaired) electrons. The molecule has 4 aromatic rings. The van der Waals surface area contributed by atoms with Gasteiger partial charge in [0.2, 0.25) is 0 Å². The lowest BCUT2D eigenvalue weighted by molar-refractivity contribution is -0.154. The highest BCUT2D eigenvalue weighted by Gasteiger charge is 2.50. The van der Waals surface area contributed by atoms with Gasteiger partial charge < -0.3 is 56.8 Å². The first kappa shape index (κ1) is 52.5. The van der Waals surface area contributed by atoms with E-state index >= 15 is 0 Å². The van der Waals surface area contributed by atoms with Crippen molar-refractivity contribution in [2.24, 2.45) is 0 Å². The number of rotatable bonds is 13. The molecule has 22 heteroatoms. The summed E-state index contributed by atoms with van der Waals surface area (Å²) in [7, 11) is 0. The van der Waals surface area contributed by atoms with Crippen LogP contribution in [-0.2, 0) is 63.8 Å². The highest BCUT2D eigenvalue weighted by atomic mass is 16.6. The first-order valence-electron chi connectivity index (χ1n) is 21.7. The van der Waals surface area contributed by atoms with Crippen LogP contribution in [-0.4, -0.2) is 71.9 Å². The molecule has 0 aliphatic carbocycles. The van der Waals surface area contributed by atoms with Gasteiger partial charge in [0.15, 0.2) is 41.3 Å². The fraction of sp³-hybridized carbons (Fsp3) is 0.320. The quantitative estimate of drug-likeness (QED) is 0.111. The molecule has 0 saturated carbocycles. The molecule has 0 saturated heterocycles. The second kappa shape index (κ2) is 21.9. The lowest BCUT2D eigenvalue weighted by Gasteiger charge is -2.42. The zero-order valence-electron chi connectivity index (χ0n) is 40.3. The molecule has 0 N–H and O–H groups in total. The van der Waals surface area contributed by atoms with Gasteiger partial charge in [0, 0.05) is 122 Å². The van der Waals surface area contributed by atoms with E-state index in [9.17, 15) is 47.9 Å². The fourth-order valence-corrected chi connectivity index (χ4v) is 8.12. The number of fused-ring (bicyclic) bond motifs is 2. The first-order valence-corrected chi connectivity index (χ1v) is 21.7. The lowest BCUT2D eigenvalue weighted by Crippen LogP contribution is -2.40. The zero-order chi connectivity index (χ0) is 52.9. The minimum Gasteiger partial charge on any atom is -0.481 e. The van der Waals surface area contributed by atoms with Crippen LogP contribution in [0.2, 0.25) is 0 Å². The summed E-state index contributed by atoms with van der Waals surface area (Å²) in [4.78, 5) is 127. The maximum atomic E-state index is 13.5. The third-order valence-corrected chi connectivity index (χ3v) is 10.2. The van der Waals surface area contributed by atoms with Crippen LogP contribution in [0.4, 0.5) is 0 Å². The van der Waals surface area contributed by atoms with Gasteiger partial charge in [-0.25, -0.2) is 0 Å². The molecule has 0 bridgehead atoms. The molecule has 2 aliphatic heterocycles. The largest absolute Gasteiger partial charge is 0.481 e. The average Bonchev–Trinajstić information content (AvgIpc) is 3.23. The number of carbonyl (C=O) groups is 10. The molecule has 0 aromatic heterocycles. The maximum absolute atomic E-state index is 13.5. The van der Waals surface area contributed by atoms with Gasteiger partial charge in [-0.05, 0) is 24.3 Å². The Morgan fingerprint density at radius 1 is 0.403 bits per heavy atom. The van der Waals surface area contributed by atoms with Crippen LogP contribution in [0.1, 0.15) is 115 Å². The Bertz CT molecular complexity index is 2930. The van der Waals surface area contributed by atoms with Gasteiger partial charge in [0.1, 0.15) is 40.6 Å².